The fourth-order valence-electron chi connectivity index (χ4n) is 2.68. The molecule has 0 aliphatic carbocycles. The molecular weight excluding hydrogens is 386 g/mol. The average molecular weight is 404 g/mol. The van der Waals surface area contributed by atoms with Gasteiger partial charge in [-0.3, -0.25) is 4.79 Å². The van der Waals surface area contributed by atoms with Crippen LogP contribution in [0.25, 0.3) is 10.8 Å². The van der Waals surface area contributed by atoms with Crippen LogP contribution in [0.5, 0.6) is 0 Å². The second kappa shape index (κ2) is 8.08. The SMILES string of the molecule is C[C@H](OC(=O)CNS(=O)(=O)c1ccc2ccccc2c1)c1ccccc1Cl. The molecule has 1 atom stereocenters. The molecular formula is C20H18ClNO4S. The molecule has 0 radical (unpaired) electrons. The van der Waals surface area contributed by atoms with Crippen molar-refractivity contribution in [3.8, 4) is 0 Å². The standard InChI is InChI=1S/C20H18ClNO4S/c1-14(18-8-4-5-9-19(18)21)26-20(23)13-22-27(24,25)17-11-10-15-6-2-3-7-16(15)12-17/h2-12,14,22H,13H2,1H3/t14-/m0/s1. The van der Waals surface area contributed by atoms with E-state index in [9.17, 15) is 13.2 Å². The quantitative estimate of drug-likeness (QED) is 0.629. The first-order valence-corrected chi connectivity index (χ1v) is 10.2. The first-order chi connectivity index (χ1) is 12.9. The fraction of sp³-hybridized carbons (Fsp3) is 0.150. The lowest BCUT2D eigenvalue weighted by Gasteiger charge is -2.15. The van der Waals surface area contributed by atoms with E-state index >= 15 is 0 Å². The van der Waals surface area contributed by atoms with E-state index in [-0.39, 0.29) is 4.90 Å². The maximum absolute atomic E-state index is 12.5. The first-order valence-electron chi connectivity index (χ1n) is 8.29. The Kier molecular flexibility index (Phi) is 5.79. The van der Waals surface area contributed by atoms with Crippen LogP contribution in [0.3, 0.4) is 0 Å². The summed E-state index contributed by atoms with van der Waals surface area (Å²) in [5, 5.41) is 2.22. The molecule has 0 aromatic heterocycles. The summed E-state index contributed by atoms with van der Waals surface area (Å²) in [6.45, 7) is 1.21. The molecule has 0 saturated carbocycles. The van der Waals surface area contributed by atoms with Crippen molar-refractivity contribution in [3.63, 3.8) is 0 Å². The molecule has 3 aromatic rings. The number of ether oxygens (including phenoxy) is 1. The zero-order valence-corrected chi connectivity index (χ0v) is 16.1. The lowest BCUT2D eigenvalue weighted by Crippen LogP contribution is -2.31. The molecule has 7 heteroatoms. The van der Waals surface area contributed by atoms with E-state index in [0.29, 0.717) is 10.6 Å². The Morgan fingerprint density at radius 1 is 1.04 bits per heavy atom. The van der Waals surface area contributed by atoms with Crippen LogP contribution in [0.15, 0.2) is 71.6 Å². The van der Waals surface area contributed by atoms with Crippen molar-refractivity contribution in [1.82, 2.24) is 4.72 Å². The summed E-state index contributed by atoms with van der Waals surface area (Å²) in [6.07, 6.45) is -0.587. The van der Waals surface area contributed by atoms with Crippen molar-refractivity contribution in [2.24, 2.45) is 0 Å². The molecule has 0 heterocycles. The van der Waals surface area contributed by atoms with Crippen molar-refractivity contribution < 1.29 is 17.9 Å². The first kappa shape index (κ1) is 19.4. The van der Waals surface area contributed by atoms with Gasteiger partial charge in [-0.1, -0.05) is 60.1 Å². The van der Waals surface area contributed by atoms with E-state index in [1.807, 2.05) is 24.3 Å². The van der Waals surface area contributed by atoms with Gasteiger partial charge in [-0.05, 0) is 35.9 Å². The van der Waals surface area contributed by atoms with Crippen molar-refractivity contribution >= 4 is 38.4 Å². The molecule has 0 amide bonds. The van der Waals surface area contributed by atoms with E-state index in [1.165, 1.54) is 6.07 Å². The van der Waals surface area contributed by atoms with Gasteiger partial charge in [-0.2, -0.15) is 4.72 Å². The minimum atomic E-state index is -3.83. The molecule has 0 fully saturated rings. The summed E-state index contributed by atoms with van der Waals surface area (Å²) < 4.78 is 32.4. The number of hydrogen-bond donors (Lipinski definition) is 1. The monoisotopic (exact) mass is 403 g/mol. The van der Waals surface area contributed by atoms with Gasteiger partial charge in [0.15, 0.2) is 0 Å². The molecule has 0 aliphatic rings. The zero-order chi connectivity index (χ0) is 19.4. The molecule has 0 saturated heterocycles. The van der Waals surface area contributed by atoms with Gasteiger partial charge in [0.05, 0.1) is 4.90 Å². The third-order valence-electron chi connectivity index (χ3n) is 4.09. The van der Waals surface area contributed by atoms with Crippen molar-refractivity contribution in [2.45, 2.75) is 17.9 Å². The van der Waals surface area contributed by atoms with Gasteiger partial charge in [-0.25, -0.2) is 8.42 Å². The van der Waals surface area contributed by atoms with Crippen LogP contribution in [-0.2, 0) is 19.6 Å². The molecule has 140 valence electrons. The Morgan fingerprint density at radius 3 is 2.44 bits per heavy atom. The van der Waals surface area contributed by atoms with E-state index in [1.54, 1.807) is 43.3 Å². The number of fused-ring (bicyclic) bond motifs is 1. The predicted octanol–water partition coefficient (Wildman–Crippen LogP) is 4.08. The molecule has 3 aromatic carbocycles. The number of benzene rings is 3. The zero-order valence-electron chi connectivity index (χ0n) is 14.6. The van der Waals surface area contributed by atoms with E-state index in [2.05, 4.69) is 4.72 Å². The van der Waals surface area contributed by atoms with Gasteiger partial charge in [0, 0.05) is 10.6 Å². The lowest BCUT2D eigenvalue weighted by atomic mass is 10.1. The van der Waals surface area contributed by atoms with Gasteiger partial charge < -0.3 is 4.74 Å². The summed E-state index contributed by atoms with van der Waals surface area (Å²) in [5.74, 6) is -0.688. The highest BCUT2D eigenvalue weighted by Gasteiger charge is 2.19. The third kappa shape index (κ3) is 4.66. The van der Waals surface area contributed by atoms with Crippen LogP contribution in [0.1, 0.15) is 18.6 Å². The molecule has 27 heavy (non-hydrogen) atoms. The summed E-state index contributed by atoms with van der Waals surface area (Å²) >= 11 is 6.08. The number of nitrogens with one attached hydrogen (secondary N) is 1. The van der Waals surface area contributed by atoms with E-state index in [0.717, 1.165) is 10.8 Å². The van der Waals surface area contributed by atoms with Crippen LogP contribution in [-0.4, -0.2) is 20.9 Å². The number of rotatable bonds is 6. The van der Waals surface area contributed by atoms with Gasteiger partial charge in [-0.15, -0.1) is 0 Å². The maximum Gasteiger partial charge on any atom is 0.321 e. The minimum Gasteiger partial charge on any atom is -0.457 e. The largest absolute Gasteiger partial charge is 0.457 e. The molecule has 3 rings (SSSR count). The van der Waals surface area contributed by atoms with Crippen molar-refractivity contribution in [1.29, 1.82) is 0 Å². The predicted molar refractivity (Wildman–Crippen MR) is 105 cm³/mol. The van der Waals surface area contributed by atoms with Crippen LogP contribution in [0, 0.1) is 0 Å². The summed E-state index contributed by atoms with van der Waals surface area (Å²) in [6, 6.07) is 19.2. The molecule has 1 N–H and O–H groups in total. The second-order valence-corrected chi connectivity index (χ2v) is 8.16. The highest BCUT2D eigenvalue weighted by atomic mass is 35.5. The van der Waals surface area contributed by atoms with Gasteiger partial charge in [0.1, 0.15) is 12.6 Å². The Labute approximate surface area is 163 Å². The maximum atomic E-state index is 12.5. The van der Waals surface area contributed by atoms with Crippen LogP contribution in [0.2, 0.25) is 5.02 Å². The highest BCUT2D eigenvalue weighted by Crippen LogP contribution is 2.25. The molecule has 0 unspecified atom stereocenters. The number of carbonyl (C=O) groups excluding carboxylic acids is 1. The van der Waals surface area contributed by atoms with Crippen LogP contribution in [0.4, 0.5) is 0 Å². The van der Waals surface area contributed by atoms with Gasteiger partial charge in [0.25, 0.3) is 0 Å². The van der Waals surface area contributed by atoms with Gasteiger partial charge in [0.2, 0.25) is 10.0 Å². The molecule has 0 aliphatic heterocycles. The third-order valence-corrected chi connectivity index (χ3v) is 5.83. The van der Waals surface area contributed by atoms with Crippen molar-refractivity contribution in [3.05, 3.63) is 77.3 Å². The molecule has 0 bridgehead atoms. The topological polar surface area (TPSA) is 72.5 Å². The summed E-state index contributed by atoms with van der Waals surface area (Å²) in [5.41, 5.74) is 0.657. The number of halogens is 1. The van der Waals surface area contributed by atoms with Crippen LogP contribution >= 0.6 is 11.6 Å². The minimum absolute atomic E-state index is 0.0909. The van der Waals surface area contributed by atoms with Crippen molar-refractivity contribution in [2.75, 3.05) is 6.54 Å². The summed E-state index contributed by atoms with van der Waals surface area (Å²) in [7, 11) is -3.83. The van der Waals surface area contributed by atoms with E-state index < -0.39 is 28.6 Å². The number of carbonyl (C=O) groups is 1. The average Bonchev–Trinajstić information content (AvgIpc) is 2.66. The smallest absolute Gasteiger partial charge is 0.321 e. The summed E-state index contributed by atoms with van der Waals surface area (Å²) in [4.78, 5) is 12.1. The normalized spacial score (nSPS) is 12.7. The molecule has 5 nitrogen and oxygen atoms in total. The van der Waals surface area contributed by atoms with Crippen LogP contribution < -0.4 is 4.72 Å². The van der Waals surface area contributed by atoms with E-state index in [4.69, 9.17) is 16.3 Å². The Bertz CT molecular complexity index is 1080. The molecule has 0 spiro atoms. The number of hydrogen-bond acceptors (Lipinski definition) is 4. The highest BCUT2D eigenvalue weighted by molar-refractivity contribution is 7.89. The lowest BCUT2D eigenvalue weighted by molar-refractivity contribution is -0.147. The Hall–Kier alpha value is -2.41. The second-order valence-electron chi connectivity index (χ2n) is 5.99. The number of sulfonamides is 1. The van der Waals surface area contributed by atoms with Gasteiger partial charge >= 0.3 is 5.97 Å². The Morgan fingerprint density at radius 2 is 1.70 bits per heavy atom. The fourth-order valence-corrected chi connectivity index (χ4v) is 3.97. The number of esters is 1. The Balaban J connectivity index is 1.65.